The first kappa shape index (κ1) is 14.5. The molecule has 0 bridgehead atoms. The van der Waals surface area contributed by atoms with Gasteiger partial charge in [-0.1, -0.05) is 47.6 Å². The first-order valence-corrected chi connectivity index (χ1v) is 7.97. The molecule has 4 rings (SSSR count). The van der Waals surface area contributed by atoms with Gasteiger partial charge in [-0.3, -0.25) is 0 Å². The highest BCUT2D eigenvalue weighted by Crippen LogP contribution is 2.29. The Morgan fingerprint density at radius 3 is 2.62 bits per heavy atom. The molecule has 0 aliphatic carbocycles. The zero-order chi connectivity index (χ0) is 16.4. The van der Waals surface area contributed by atoms with E-state index in [2.05, 4.69) is 40.6 Å². The fraction of sp³-hybridized carbons (Fsp3) is 0.211. The maximum absolute atomic E-state index is 8.96. The molecule has 0 radical (unpaired) electrons. The molecule has 0 saturated carbocycles. The Hall–Kier alpha value is -3.13. The van der Waals surface area contributed by atoms with Gasteiger partial charge in [0.15, 0.2) is 12.0 Å². The molecule has 2 heterocycles. The highest BCUT2D eigenvalue weighted by molar-refractivity contribution is 5.69. The Kier molecular flexibility index (Phi) is 3.72. The van der Waals surface area contributed by atoms with Crippen molar-refractivity contribution in [1.29, 1.82) is 5.26 Å². The largest absolute Gasteiger partial charge is 0.334 e. The molecule has 118 valence electrons. The van der Waals surface area contributed by atoms with E-state index < -0.39 is 0 Å². The van der Waals surface area contributed by atoms with Crippen LogP contribution in [0.15, 0.2) is 59.1 Å². The molecule has 0 N–H and O–H groups in total. The quantitative estimate of drug-likeness (QED) is 0.690. The molecule has 1 fully saturated rings. The van der Waals surface area contributed by atoms with Crippen molar-refractivity contribution in [3.05, 3.63) is 60.4 Å². The molecule has 0 amide bonds. The van der Waals surface area contributed by atoms with Gasteiger partial charge in [0.1, 0.15) is 0 Å². The van der Waals surface area contributed by atoms with Crippen LogP contribution in [0.1, 0.15) is 18.2 Å². The summed E-state index contributed by atoms with van der Waals surface area (Å²) >= 11 is 0. The van der Waals surface area contributed by atoms with E-state index in [1.807, 2.05) is 30.3 Å². The Labute approximate surface area is 140 Å². The standard InChI is InChI=1S/C19H16N4O/c20-13-23-10-9-17(12-23)18-21-19(24-22-18)16-8-4-7-15(11-16)14-5-2-1-3-6-14/h1-8,11,17H,9-10,12H2. The summed E-state index contributed by atoms with van der Waals surface area (Å²) < 4.78 is 5.46. The number of hydrogen-bond donors (Lipinski definition) is 0. The maximum atomic E-state index is 8.96. The normalized spacial score (nSPS) is 17.0. The fourth-order valence-electron chi connectivity index (χ4n) is 3.04. The summed E-state index contributed by atoms with van der Waals surface area (Å²) in [5, 5.41) is 13.1. The van der Waals surface area contributed by atoms with Crippen LogP contribution in [-0.4, -0.2) is 28.1 Å². The van der Waals surface area contributed by atoms with Gasteiger partial charge in [-0.2, -0.15) is 10.2 Å². The number of benzene rings is 2. The van der Waals surface area contributed by atoms with Crippen molar-refractivity contribution in [2.24, 2.45) is 0 Å². The lowest BCUT2D eigenvalue weighted by Gasteiger charge is -2.04. The molecule has 1 aliphatic rings. The summed E-state index contributed by atoms with van der Waals surface area (Å²) in [5.41, 5.74) is 3.18. The van der Waals surface area contributed by atoms with Crippen LogP contribution in [0.2, 0.25) is 0 Å². The zero-order valence-corrected chi connectivity index (χ0v) is 13.1. The van der Waals surface area contributed by atoms with Crippen LogP contribution < -0.4 is 0 Å². The van der Waals surface area contributed by atoms with Crippen molar-refractivity contribution in [3.8, 4) is 28.8 Å². The van der Waals surface area contributed by atoms with E-state index in [4.69, 9.17) is 9.78 Å². The number of hydrogen-bond acceptors (Lipinski definition) is 5. The minimum Gasteiger partial charge on any atom is -0.334 e. The van der Waals surface area contributed by atoms with Gasteiger partial charge in [0.2, 0.25) is 0 Å². The van der Waals surface area contributed by atoms with E-state index in [9.17, 15) is 0 Å². The predicted octanol–water partition coefficient (Wildman–Crippen LogP) is 3.67. The van der Waals surface area contributed by atoms with Crippen LogP contribution in [0.25, 0.3) is 22.6 Å². The van der Waals surface area contributed by atoms with Crippen LogP contribution in [0.3, 0.4) is 0 Å². The molecule has 3 aromatic rings. The molecule has 24 heavy (non-hydrogen) atoms. The van der Waals surface area contributed by atoms with Crippen LogP contribution in [0.4, 0.5) is 0 Å². The Balaban J connectivity index is 1.60. The molecule has 5 nitrogen and oxygen atoms in total. The summed E-state index contributed by atoms with van der Waals surface area (Å²) in [6.45, 7) is 1.42. The van der Waals surface area contributed by atoms with Crippen LogP contribution in [0, 0.1) is 11.5 Å². The average molecular weight is 316 g/mol. The van der Waals surface area contributed by atoms with Crippen LogP contribution >= 0.6 is 0 Å². The van der Waals surface area contributed by atoms with Crippen molar-refractivity contribution in [1.82, 2.24) is 15.0 Å². The third-order valence-electron chi connectivity index (χ3n) is 4.35. The minimum atomic E-state index is 0.166. The van der Waals surface area contributed by atoms with Gasteiger partial charge in [0.05, 0.1) is 0 Å². The first-order chi connectivity index (χ1) is 11.8. The third-order valence-corrected chi connectivity index (χ3v) is 4.35. The lowest BCUT2D eigenvalue weighted by Crippen LogP contribution is -2.13. The van der Waals surface area contributed by atoms with E-state index >= 15 is 0 Å². The van der Waals surface area contributed by atoms with Crippen LogP contribution in [0.5, 0.6) is 0 Å². The van der Waals surface area contributed by atoms with E-state index in [0.717, 1.165) is 29.7 Å². The number of nitrogens with zero attached hydrogens (tertiary/aromatic N) is 4. The van der Waals surface area contributed by atoms with Gasteiger partial charge in [0.25, 0.3) is 5.89 Å². The smallest absolute Gasteiger partial charge is 0.257 e. The van der Waals surface area contributed by atoms with Gasteiger partial charge in [-0.25, -0.2) is 0 Å². The molecule has 1 saturated heterocycles. The molecule has 1 atom stereocenters. The van der Waals surface area contributed by atoms with Crippen molar-refractivity contribution < 1.29 is 4.52 Å². The summed E-state index contributed by atoms with van der Waals surface area (Å²) in [6, 6.07) is 18.3. The van der Waals surface area contributed by atoms with Gasteiger partial charge in [-0.15, -0.1) is 0 Å². The summed E-state index contributed by atoms with van der Waals surface area (Å²) in [6.07, 6.45) is 3.06. The van der Waals surface area contributed by atoms with E-state index in [-0.39, 0.29) is 5.92 Å². The highest BCUT2D eigenvalue weighted by Gasteiger charge is 2.27. The Morgan fingerprint density at radius 2 is 1.83 bits per heavy atom. The molecular weight excluding hydrogens is 300 g/mol. The van der Waals surface area contributed by atoms with Crippen molar-refractivity contribution >= 4 is 0 Å². The molecular formula is C19H16N4O. The maximum Gasteiger partial charge on any atom is 0.257 e. The average Bonchev–Trinajstić information content (AvgIpc) is 3.32. The SMILES string of the molecule is N#CN1CCC(c2noc(-c3cccc(-c4ccccc4)c3)n2)C1. The first-order valence-electron chi connectivity index (χ1n) is 7.97. The summed E-state index contributed by atoms with van der Waals surface area (Å²) in [4.78, 5) is 6.29. The molecule has 5 heteroatoms. The van der Waals surface area contributed by atoms with E-state index in [0.29, 0.717) is 18.3 Å². The molecule has 0 spiro atoms. The summed E-state index contributed by atoms with van der Waals surface area (Å²) in [5.74, 6) is 1.38. The van der Waals surface area contributed by atoms with Gasteiger partial charge < -0.3 is 9.42 Å². The van der Waals surface area contributed by atoms with Crippen molar-refractivity contribution in [2.75, 3.05) is 13.1 Å². The van der Waals surface area contributed by atoms with E-state index in [1.54, 1.807) is 4.90 Å². The summed E-state index contributed by atoms with van der Waals surface area (Å²) in [7, 11) is 0. The Bertz CT molecular complexity index is 882. The van der Waals surface area contributed by atoms with Gasteiger partial charge in [-0.05, 0) is 29.7 Å². The molecule has 1 aromatic heterocycles. The number of rotatable bonds is 3. The number of aromatic nitrogens is 2. The lowest BCUT2D eigenvalue weighted by atomic mass is 10.0. The lowest BCUT2D eigenvalue weighted by molar-refractivity contribution is 0.413. The monoisotopic (exact) mass is 316 g/mol. The van der Waals surface area contributed by atoms with E-state index in [1.165, 1.54) is 0 Å². The van der Waals surface area contributed by atoms with Gasteiger partial charge in [0, 0.05) is 24.6 Å². The third kappa shape index (κ3) is 2.74. The molecule has 2 aromatic carbocycles. The topological polar surface area (TPSA) is 66.0 Å². The van der Waals surface area contributed by atoms with Crippen LogP contribution in [-0.2, 0) is 0 Å². The second kappa shape index (κ2) is 6.17. The second-order valence-corrected chi connectivity index (χ2v) is 5.94. The number of nitriles is 1. The molecule has 1 unspecified atom stereocenters. The highest BCUT2D eigenvalue weighted by atomic mass is 16.5. The Morgan fingerprint density at radius 1 is 1.04 bits per heavy atom. The fourth-order valence-corrected chi connectivity index (χ4v) is 3.04. The zero-order valence-electron chi connectivity index (χ0n) is 13.1. The van der Waals surface area contributed by atoms with Crippen molar-refractivity contribution in [2.45, 2.75) is 12.3 Å². The van der Waals surface area contributed by atoms with Crippen molar-refractivity contribution in [3.63, 3.8) is 0 Å². The molecule has 1 aliphatic heterocycles. The second-order valence-electron chi connectivity index (χ2n) is 5.94. The van der Waals surface area contributed by atoms with Gasteiger partial charge >= 0.3 is 0 Å². The predicted molar refractivity (Wildman–Crippen MR) is 89.7 cm³/mol. The number of likely N-dealkylation sites (tertiary alicyclic amines) is 1. The minimum absolute atomic E-state index is 0.166.